The molecule has 0 heterocycles. The minimum atomic E-state index is -0.982. The Morgan fingerprint density at radius 2 is 1.48 bits per heavy atom. The fraction of sp³-hybridized carbons (Fsp3) is 0.235. The average Bonchev–Trinajstić information content (AvgIpc) is 2.53. The highest BCUT2D eigenvalue weighted by Crippen LogP contribution is 2.25. The number of rotatable bonds is 6. The summed E-state index contributed by atoms with van der Waals surface area (Å²) in [5.41, 5.74) is 1.45. The predicted octanol–water partition coefficient (Wildman–Crippen LogP) is 3.77. The fourth-order valence-corrected chi connectivity index (χ4v) is 2.28. The minimum Gasteiger partial charge on any atom is -0.299 e. The van der Waals surface area contributed by atoms with Gasteiger partial charge in [0.05, 0.1) is 6.42 Å². The van der Waals surface area contributed by atoms with Crippen LogP contribution in [-0.4, -0.2) is 10.7 Å². The first-order valence-corrected chi connectivity index (χ1v) is 6.85. The quantitative estimate of drug-likeness (QED) is 0.599. The zero-order valence-electron chi connectivity index (χ0n) is 11.8. The number of hydrogen-bond acceptors (Lipinski definition) is 3. The summed E-state index contributed by atoms with van der Waals surface area (Å²) in [7, 11) is 0. The molecule has 0 aliphatic carbocycles. The molecule has 2 rings (SSSR count). The standard InChI is InChI=1S/C17H17NO3/c1-13(14-8-4-2-5-9-14)17(19)12-16(18(20)21)15-10-6-3-7-11-15/h2-11,13,16H,12H2,1H3. The van der Waals surface area contributed by atoms with E-state index in [1.165, 1.54) is 0 Å². The van der Waals surface area contributed by atoms with Gasteiger partial charge in [0.1, 0.15) is 5.78 Å². The van der Waals surface area contributed by atoms with Gasteiger partial charge in [-0.3, -0.25) is 14.9 Å². The monoisotopic (exact) mass is 283 g/mol. The van der Waals surface area contributed by atoms with E-state index in [1.54, 1.807) is 37.3 Å². The third-order valence-electron chi connectivity index (χ3n) is 3.62. The zero-order valence-corrected chi connectivity index (χ0v) is 11.8. The SMILES string of the molecule is CC(C(=O)CC(c1ccccc1)[N+](=O)[O-])c1ccccc1. The lowest BCUT2D eigenvalue weighted by Gasteiger charge is -2.13. The Kier molecular flexibility index (Phi) is 4.82. The van der Waals surface area contributed by atoms with Gasteiger partial charge in [-0.1, -0.05) is 67.6 Å². The van der Waals surface area contributed by atoms with Gasteiger partial charge in [-0.15, -0.1) is 0 Å². The molecule has 0 aliphatic rings. The Morgan fingerprint density at radius 3 is 1.95 bits per heavy atom. The summed E-state index contributed by atoms with van der Waals surface area (Å²) in [6.07, 6.45) is -0.0902. The third-order valence-corrected chi connectivity index (χ3v) is 3.62. The predicted molar refractivity (Wildman–Crippen MR) is 80.7 cm³/mol. The molecule has 0 aliphatic heterocycles. The fourth-order valence-electron chi connectivity index (χ4n) is 2.28. The lowest BCUT2D eigenvalue weighted by Crippen LogP contribution is -2.18. The molecule has 2 atom stereocenters. The Balaban J connectivity index is 2.14. The second-order valence-corrected chi connectivity index (χ2v) is 5.01. The van der Waals surface area contributed by atoms with E-state index in [1.807, 2.05) is 30.3 Å². The van der Waals surface area contributed by atoms with E-state index in [0.717, 1.165) is 5.56 Å². The molecule has 0 amide bonds. The third kappa shape index (κ3) is 3.75. The van der Waals surface area contributed by atoms with Crippen molar-refractivity contribution in [1.29, 1.82) is 0 Å². The molecule has 108 valence electrons. The van der Waals surface area contributed by atoms with Crippen molar-refractivity contribution in [3.63, 3.8) is 0 Å². The highest BCUT2D eigenvalue weighted by molar-refractivity contribution is 5.85. The summed E-state index contributed by atoms with van der Waals surface area (Å²) < 4.78 is 0. The van der Waals surface area contributed by atoms with Crippen LogP contribution in [0.1, 0.15) is 36.4 Å². The van der Waals surface area contributed by atoms with Gasteiger partial charge in [-0.25, -0.2) is 0 Å². The van der Waals surface area contributed by atoms with Crippen molar-refractivity contribution >= 4 is 5.78 Å². The van der Waals surface area contributed by atoms with Gasteiger partial charge in [0, 0.05) is 16.4 Å². The summed E-state index contributed by atoms with van der Waals surface area (Å²) in [5.74, 6) is -0.455. The van der Waals surface area contributed by atoms with Gasteiger partial charge >= 0.3 is 0 Å². The van der Waals surface area contributed by atoms with Crippen molar-refractivity contribution in [1.82, 2.24) is 0 Å². The molecule has 0 saturated heterocycles. The molecular formula is C17H17NO3. The van der Waals surface area contributed by atoms with E-state index in [2.05, 4.69) is 0 Å². The summed E-state index contributed by atoms with van der Waals surface area (Å²) >= 11 is 0. The summed E-state index contributed by atoms with van der Waals surface area (Å²) in [6.45, 7) is 1.79. The van der Waals surface area contributed by atoms with Crippen molar-refractivity contribution in [2.24, 2.45) is 0 Å². The Bertz CT molecular complexity index is 610. The van der Waals surface area contributed by atoms with E-state index in [4.69, 9.17) is 0 Å². The van der Waals surface area contributed by atoms with Crippen LogP contribution in [0.25, 0.3) is 0 Å². The summed E-state index contributed by atoms with van der Waals surface area (Å²) in [5, 5.41) is 11.2. The van der Waals surface area contributed by atoms with E-state index in [9.17, 15) is 14.9 Å². The Labute approximate surface area is 123 Å². The van der Waals surface area contributed by atoms with Crippen LogP contribution >= 0.6 is 0 Å². The van der Waals surface area contributed by atoms with Crippen molar-refractivity contribution in [3.8, 4) is 0 Å². The summed E-state index contributed by atoms with van der Waals surface area (Å²) in [6, 6.07) is 17.0. The maximum atomic E-state index is 12.3. The Morgan fingerprint density at radius 1 is 1.00 bits per heavy atom. The van der Waals surface area contributed by atoms with Crippen molar-refractivity contribution in [2.75, 3.05) is 0 Å². The van der Waals surface area contributed by atoms with Crippen LogP contribution < -0.4 is 0 Å². The molecule has 0 bridgehead atoms. The molecule has 0 radical (unpaired) electrons. The molecule has 0 fully saturated rings. The van der Waals surface area contributed by atoms with E-state index >= 15 is 0 Å². The van der Waals surface area contributed by atoms with Crippen LogP contribution in [0.2, 0.25) is 0 Å². The first-order valence-electron chi connectivity index (χ1n) is 6.85. The first kappa shape index (κ1) is 14.9. The smallest absolute Gasteiger partial charge is 0.244 e. The van der Waals surface area contributed by atoms with Gasteiger partial charge < -0.3 is 0 Å². The molecule has 4 nitrogen and oxygen atoms in total. The van der Waals surface area contributed by atoms with E-state index < -0.39 is 6.04 Å². The maximum Gasteiger partial charge on any atom is 0.244 e. The average molecular weight is 283 g/mol. The highest BCUT2D eigenvalue weighted by atomic mass is 16.6. The van der Waals surface area contributed by atoms with Crippen molar-refractivity contribution in [2.45, 2.75) is 25.3 Å². The number of Topliss-reactive ketones (excluding diaryl/α,β-unsaturated/α-hetero) is 1. The second-order valence-electron chi connectivity index (χ2n) is 5.01. The molecule has 4 heteroatoms. The topological polar surface area (TPSA) is 60.2 Å². The van der Waals surface area contributed by atoms with Gasteiger partial charge in [0.15, 0.2) is 0 Å². The lowest BCUT2D eigenvalue weighted by molar-refractivity contribution is -0.527. The van der Waals surface area contributed by atoms with Crippen LogP contribution in [0.3, 0.4) is 0 Å². The van der Waals surface area contributed by atoms with E-state index in [-0.39, 0.29) is 23.0 Å². The van der Waals surface area contributed by atoms with Gasteiger partial charge in [-0.2, -0.15) is 0 Å². The molecule has 0 N–H and O–H groups in total. The Hall–Kier alpha value is -2.49. The van der Waals surface area contributed by atoms with Gasteiger partial charge in [0.25, 0.3) is 0 Å². The second kappa shape index (κ2) is 6.79. The molecule has 0 aromatic heterocycles. The maximum absolute atomic E-state index is 12.3. The first-order chi connectivity index (χ1) is 10.1. The molecule has 0 spiro atoms. The number of nitrogens with zero attached hydrogens (tertiary/aromatic N) is 1. The number of carbonyl (C=O) groups is 1. The number of nitro groups is 1. The van der Waals surface area contributed by atoms with E-state index in [0.29, 0.717) is 5.56 Å². The van der Waals surface area contributed by atoms with Crippen LogP contribution in [0.15, 0.2) is 60.7 Å². The van der Waals surface area contributed by atoms with Crippen LogP contribution in [0, 0.1) is 10.1 Å². The highest BCUT2D eigenvalue weighted by Gasteiger charge is 2.28. The minimum absolute atomic E-state index is 0.0902. The molecular weight excluding hydrogens is 266 g/mol. The normalized spacial score (nSPS) is 13.4. The largest absolute Gasteiger partial charge is 0.299 e. The van der Waals surface area contributed by atoms with Crippen molar-refractivity contribution < 1.29 is 9.72 Å². The molecule has 21 heavy (non-hydrogen) atoms. The number of hydrogen-bond donors (Lipinski definition) is 0. The zero-order chi connectivity index (χ0) is 15.2. The van der Waals surface area contributed by atoms with Crippen LogP contribution in [-0.2, 0) is 4.79 Å². The molecule has 0 saturated carbocycles. The number of benzene rings is 2. The molecule has 2 aromatic carbocycles. The lowest BCUT2D eigenvalue weighted by atomic mass is 9.91. The number of ketones is 1. The summed E-state index contributed by atoms with van der Waals surface area (Å²) in [4.78, 5) is 23.2. The number of carbonyl (C=O) groups excluding carboxylic acids is 1. The van der Waals surface area contributed by atoms with Crippen LogP contribution in [0.4, 0.5) is 0 Å². The van der Waals surface area contributed by atoms with Gasteiger partial charge in [0.2, 0.25) is 6.04 Å². The molecule has 2 aromatic rings. The van der Waals surface area contributed by atoms with Crippen LogP contribution in [0.5, 0.6) is 0 Å². The van der Waals surface area contributed by atoms with Gasteiger partial charge in [-0.05, 0) is 5.56 Å². The molecule has 2 unspecified atom stereocenters. The van der Waals surface area contributed by atoms with Crippen molar-refractivity contribution in [3.05, 3.63) is 81.9 Å².